The van der Waals surface area contributed by atoms with E-state index in [9.17, 15) is 4.39 Å². The Kier molecular flexibility index (Phi) is 3.24. The van der Waals surface area contributed by atoms with Gasteiger partial charge in [-0.1, -0.05) is 0 Å². The maximum Gasteiger partial charge on any atom is 0.208 e. The molecule has 0 aliphatic carbocycles. The number of nitrogens with one attached hydrogen (secondary N) is 1. The van der Waals surface area contributed by atoms with Crippen LogP contribution in [-0.4, -0.2) is 13.1 Å². The maximum absolute atomic E-state index is 12.8. The first-order valence-corrected chi connectivity index (χ1v) is 3.81. The van der Waals surface area contributed by atoms with Crippen LogP contribution in [0.25, 0.3) is 0 Å². The van der Waals surface area contributed by atoms with Gasteiger partial charge in [-0.15, -0.1) is 0 Å². The summed E-state index contributed by atoms with van der Waals surface area (Å²) >= 11 is 0. The van der Waals surface area contributed by atoms with Gasteiger partial charge in [0.1, 0.15) is 17.3 Å². The van der Waals surface area contributed by atoms with E-state index in [-0.39, 0.29) is 5.96 Å². The van der Waals surface area contributed by atoms with Crippen LogP contribution in [0.4, 0.5) is 10.1 Å². The van der Waals surface area contributed by atoms with Gasteiger partial charge in [-0.25, -0.2) is 15.2 Å². The van der Waals surface area contributed by atoms with Crippen LogP contribution >= 0.6 is 0 Å². The molecule has 6 heteroatoms. The van der Waals surface area contributed by atoms with E-state index in [1.54, 1.807) is 0 Å². The number of hydrogen-bond acceptors (Lipinski definition) is 3. The van der Waals surface area contributed by atoms with Crippen LogP contribution in [0, 0.1) is 5.82 Å². The second-order valence-electron chi connectivity index (χ2n) is 2.46. The van der Waals surface area contributed by atoms with Gasteiger partial charge in [-0.3, -0.25) is 5.43 Å². The summed E-state index contributed by atoms with van der Waals surface area (Å²) in [6.45, 7) is 0. The van der Waals surface area contributed by atoms with Crippen molar-refractivity contribution in [2.45, 2.75) is 0 Å². The molecule has 0 saturated carbocycles. The Morgan fingerprint density at radius 1 is 1.57 bits per heavy atom. The van der Waals surface area contributed by atoms with E-state index in [4.69, 9.17) is 16.3 Å². The molecule has 1 aromatic rings. The zero-order valence-corrected chi connectivity index (χ0v) is 7.62. The first-order chi connectivity index (χ1) is 6.67. The molecule has 14 heavy (non-hydrogen) atoms. The van der Waals surface area contributed by atoms with Gasteiger partial charge in [0.25, 0.3) is 0 Å². The van der Waals surface area contributed by atoms with Gasteiger partial charge >= 0.3 is 0 Å². The molecule has 0 radical (unpaired) electrons. The summed E-state index contributed by atoms with van der Waals surface area (Å²) in [4.78, 5) is 3.86. The van der Waals surface area contributed by atoms with Gasteiger partial charge in [0.2, 0.25) is 5.96 Å². The third kappa shape index (κ3) is 2.33. The maximum atomic E-state index is 12.8. The van der Waals surface area contributed by atoms with Crippen molar-refractivity contribution in [2.24, 2.45) is 16.6 Å². The summed E-state index contributed by atoms with van der Waals surface area (Å²) in [6.07, 6.45) is 0. The van der Waals surface area contributed by atoms with Gasteiger partial charge in [0.15, 0.2) is 0 Å². The summed E-state index contributed by atoms with van der Waals surface area (Å²) in [5, 5.41) is 0. The molecule has 76 valence electrons. The van der Waals surface area contributed by atoms with Gasteiger partial charge < -0.3 is 10.5 Å². The first kappa shape index (κ1) is 10.3. The summed E-state index contributed by atoms with van der Waals surface area (Å²) in [7, 11) is 1.42. The summed E-state index contributed by atoms with van der Waals surface area (Å²) in [6, 6.07) is 3.91. The number of nitrogens with zero attached hydrogens (tertiary/aromatic N) is 1. The first-order valence-electron chi connectivity index (χ1n) is 3.81. The minimum atomic E-state index is -0.403. The number of nitrogens with two attached hydrogens (primary N) is 2. The molecular formula is C8H11FN4O. The Morgan fingerprint density at radius 2 is 2.29 bits per heavy atom. The number of ether oxygens (including phenoxy) is 1. The molecule has 0 bridgehead atoms. The second kappa shape index (κ2) is 4.43. The molecule has 0 aliphatic heterocycles. The normalized spacial score (nSPS) is 11.2. The monoisotopic (exact) mass is 198 g/mol. The smallest absolute Gasteiger partial charge is 0.208 e. The summed E-state index contributed by atoms with van der Waals surface area (Å²) in [5.74, 6) is 4.94. The van der Waals surface area contributed by atoms with Crippen LogP contribution in [0.1, 0.15) is 0 Å². The van der Waals surface area contributed by atoms with Crippen molar-refractivity contribution in [3.8, 4) is 5.75 Å². The fourth-order valence-corrected chi connectivity index (χ4v) is 0.906. The van der Waals surface area contributed by atoms with Crippen molar-refractivity contribution < 1.29 is 9.13 Å². The molecule has 0 atom stereocenters. The van der Waals surface area contributed by atoms with E-state index < -0.39 is 5.82 Å². The van der Waals surface area contributed by atoms with Crippen molar-refractivity contribution in [3.05, 3.63) is 24.0 Å². The van der Waals surface area contributed by atoms with Gasteiger partial charge in [0, 0.05) is 6.07 Å². The SMILES string of the molecule is COc1cc(F)ccc1N=C(N)NN. The zero-order valence-electron chi connectivity index (χ0n) is 7.62. The molecule has 5 nitrogen and oxygen atoms in total. The molecule has 0 aromatic heterocycles. The number of rotatable bonds is 2. The molecule has 0 amide bonds. The van der Waals surface area contributed by atoms with Gasteiger partial charge in [-0.05, 0) is 12.1 Å². The zero-order chi connectivity index (χ0) is 10.6. The molecule has 0 spiro atoms. The van der Waals surface area contributed by atoms with Crippen molar-refractivity contribution in [1.82, 2.24) is 5.43 Å². The Labute approximate surface area is 80.5 Å². The molecule has 0 aliphatic rings. The molecule has 0 heterocycles. The Bertz CT molecular complexity index is 353. The number of aliphatic imine (C=N–C) groups is 1. The van der Waals surface area contributed by atoms with Crippen LogP contribution in [0.3, 0.4) is 0 Å². The Balaban J connectivity index is 3.08. The van der Waals surface area contributed by atoms with E-state index >= 15 is 0 Å². The molecule has 0 unspecified atom stereocenters. The number of halogens is 1. The average Bonchev–Trinajstić information content (AvgIpc) is 2.20. The van der Waals surface area contributed by atoms with Crippen molar-refractivity contribution in [1.29, 1.82) is 0 Å². The predicted octanol–water partition coefficient (Wildman–Crippen LogP) is 0.244. The average molecular weight is 198 g/mol. The van der Waals surface area contributed by atoms with E-state index in [1.165, 1.54) is 25.3 Å². The number of guanidine groups is 1. The van der Waals surface area contributed by atoms with Crippen LogP contribution < -0.4 is 21.7 Å². The van der Waals surface area contributed by atoms with Crippen LogP contribution in [0.5, 0.6) is 5.75 Å². The second-order valence-corrected chi connectivity index (χ2v) is 2.46. The largest absolute Gasteiger partial charge is 0.494 e. The minimum absolute atomic E-state index is 0.0231. The lowest BCUT2D eigenvalue weighted by Crippen LogP contribution is -2.36. The molecule has 0 saturated heterocycles. The highest BCUT2D eigenvalue weighted by Gasteiger charge is 2.03. The fraction of sp³-hybridized carbons (Fsp3) is 0.125. The molecule has 0 fully saturated rings. The lowest BCUT2D eigenvalue weighted by atomic mass is 10.3. The van der Waals surface area contributed by atoms with Crippen molar-refractivity contribution in [3.63, 3.8) is 0 Å². The lowest BCUT2D eigenvalue weighted by Gasteiger charge is -2.04. The topological polar surface area (TPSA) is 85.7 Å². The third-order valence-electron chi connectivity index (χ3n) is 1.53. The van der Waals surface area contributed by atoms with Crippen molar-refractivity contribution in [2.75, 3.05) is 7.11 Å². The highest BCUT2D eigenvalue weighted by molar-refractivity contribution is 5.81. The van der Waals surface area contributed by atoms with Crippen LogP contribution in [-0.2, 0) is 0 Å². The summed E-state index contributed by atoms with van der Waals surface area (Å²) in [5.41, 5.74) is 7.90. The van der Waals surface area contributed by atoms with Gasteiger partial charge in [0.05, 0.1) is 7.11 Å². The molecule has 1 aromatic carbocycles. The molecule has 5 N–H and O–H groups in total. The number of hydrazine groups is 1. The van der Waals surface area contributed by atoms with E-state index in [0.717, 1.165) is 0 Å². The highest BCUT2D eigenvalue weighted by Crippen LogP contribution is 2.27. The number of methoxy groups -OCH3 is 1. The predicted molar refractivity (Wildman–Crippen MR) is 51.6 cm³/mol. The quantitative estimate of drug-likeness (QED) is 0.275. The van der Waals surface area contributed by atoms with Crippen molar-refractivity contribution >= 4 is 11.6 Å². The van der Waals surface area contributed by atoms with Crippen LogP contribution in [0.15, 0.2) is 23.2 Å². The molecular weight excluding hydrogens is 187 g/mol. The van der Waals surface area contributed by atoms with Gasteiger partial charge in [-0.2, -0.15) is 0 Å². The minimum Gasteiger partial charge on any atom is -0.494 e. The van der Waals surface area contributed by atoms with E-state index in [2.05, 4.69) is 10.4 Å². The highest BCUT2D eigenvalue weighted by atomic mass is 19.1. The number of hydrogen-bond donors (Lipinski definition) is 3. The summed E-state index contributed by atoms with van der Waals surface area (Å²) < 4.78 is 17.7. The third-order valence-corrected chi connectivity index (χ3v) is 1.53. The Hall–Kier alpha value is -1.82. The Morgan fingerprint density at radius 3 is 2.86 bits per heavy atom. The standard InChI is InChI=1S/C8H11FN4O/c1-14-7-4-5(9)2-3-6(7)12-8(10)13-11/h2-4H,11H2,1H3,(H3,10,12,13). The van der Waals surface area contributed by atoms with E-state index in [0.29, 0.717) is 11.4 Å². The molecule has 1 rings (SSSR count). The van der Waals surface area contributed by atoms with Crippen LogP contribution in [0.2, 0.25) is 0 Å². The lowest BCUT2D eigenvalue weighted by molar-refractivity contribution is 0.412. The van der Waals surface area contributed by atoms with E-state index in [1.807, 2.05) is 0 Å². The number of benzene rings is 1. The fourth-order valence-electron chi connectivity index (χ4n) is 0.906.